The van der Waals surface area contributed by atoms with E-state index in [-0.39, 0.29) is 11.2 Å². The van der Waals surface area contributed by atoms with E-state index in [1.54, 1.807) is 0 Å². The molecule has 2 aromatic rings. The molecule has 0 unspecified atom stereocenters. The van der Waals surface area contributed by atoms with Crippen molar-refractivity contribution in [1.82, 2.24) is 9.78 Å². The Morgan fingerprint density at radius 2 is 1.89 bits per heavy atom. The molecule has 3 nitrogen and oxygen atoms in total. The minimum Gasteiger partial charge on any atom is -0.257 e. The van der Waals surface area contributed by atoms with E-state index in [4.69, 9.17) is 5.26 Å². The summed E-state index contributed by atoms with van der Waals surface area (Å²) in [5.74, 6) is 0. The average Bonchev–Trinajstić information content (AvgIpc) is 2.64. The fourth-order valence-corrected chi connectivity index (χ4v) is 1.51. The Balaban J connectivity index is 0.000000771. The Labute approximate surface area is 102 Å². The smallest absolute Gasteiger partial charge is 0.257 e. The summed E-state index contributed by atoms with van der Waals surface area (Å²) in [5, 5.41) is 13.1. The lowest BCUT2D eigenvalue weighted by Crippen LogP contribution is -2.04. The molecule has 0 N–H and O–H groups in total. The van der Waals surface area contributed by atoms with E-state index < -0.39 is 11.7 Å². The summed E-state index contributed by atoms with van der Waals surface area (Å²) < 4.78 is 38.5. The molecular formula is C12H12F3N3. The lowest BCUT2D eigenvalue weighted by Gasteiger charge is -2.04. The van der Waals surface area contributed by atoms with E-state index in [2.05, 4.69) is 5.10 Å². The van der Waals surface area contributed by atoms with E-state index in [0.29, 0.717) is 5.39 Å². The quantitative estimate of drug-likeness (QED) is 0.723. The highest BCUT2D eigenvalue weighted by atomic mass is 19.4. The first-order valence-corrected chi connectivity index (χ1v) is 5.37. The van der Waals surface area contributed by atoms with Gasteiger partial charge >= 0.3 is 6.18 Å². The van der Waals surface area contributed by atoms with Gasteiger partial charge in [-0.2, -0.15) is 23.5 Å². The summed E-state index contributed by atoms with van der Waals surface area (Å²) in [5.41, 5.74) is -0.333. The summed E-state index contributed by atoms with van der Waals surface area (Å²) in [6.07, 6.45) is -4.39. The zero-order chi connectivity index (χ0) is 13.9. The molecule has 96 valence electrons. The van der Waals surface area contributed by atoms with Crippen molar-refractivity contribution < 1.29 is 13.2 Å². The maximum atomic E-state index is 12.4. The van der Waals surface area contributed by atoms with Crippen molar-refractivity contribution in [1.29, 1.82) is 5.26 Å². The van der Waals surface area contributed by atoms with Crippen molar-refractivity contribution in [3.63, 3.8) is 0 Å². The molecule has 6 heteroatoms. The second-order valence-corrected chi connectivity index (χ2v) is 3.31. The number of nitrogens with zero attached hydrogens (tertiary/aromatic N) is 3. The molecule has 0 amide bonds. The third kappa shape index (κ3) is 2.45. The lowest BCUT2D eigenvalue weighted by molar-refractivity contribution is -0.137. The number of halogens is 3. The number of benzene rings is 1. The van der Waals surface area contributed by atoms with E-state index in [0.717, 1.165) is 12.1 Å². The molecule has 18 heavy (non-hydrogen) atoms. The van der Waals surface area contributed by atoms with Crippen LogP contribution in [-0.2, 0) is 13.2 Å². The number of rotatable bonds is 0. The summed E-state index contributed by atoms with van der Waals surface area (Å²) in [6.45, 7) is 4.00. The Hall–Kier alpha value is -2.03. The predicted molar refractivity (Wildman–Crippen MR) is 61.8 cm³/mol. The van der Waals surface area contributed by atoms with Crippen molar-refractivity contribution >= 4 is 10.9 Å². The van der Waals surface area contributed by atoms with Gasteiger partial charge in [0.15, 0.2) is 0 Å². The predicted octanol–water partition coefficient (Wildman–Crippen LogP) is 3.49. The van der Waals surface area contributed by atoms with Crippen LogP contribution >= 0.6 is 0 Å². The van der Waals surface area contributed by atoms with Crippen LogP contribution in [0.3, 0.4) is 0 Å². The van der Waals surface area contributed by atoms with Crippen LogP contribution < -0.4 is 0 Å². The molecule has 2 rings (SSSR count). The number of hydrogen-bond donors (Lipinski definition) is 0. The molecule has 0 saturated carbocycles. The molecule has 0 bridgehead atoms. The monoisotopic (exact) mass is 255 g/mol. The summed E-state index contributed by atoms with van der Waals surface area (Å²) >= 11 is 0. The highest BCUT2D eigenvalue weighted by Crippen LogP contribution is 2.31. The zero-order valence-corrected chi connectivity index (χ0v) is 10.2. The van der Waals surface area contributed by atoms with E-state index in [9.17, 15) is 13.2 Å². The second-order valence-electron chi connectivity index (χ2n) is 3.31. The number of aryl methyl sites for hydroxylation is 1. The van der Waals surface area contributed by atoms with Gasteiger partial charge in [-0.25, -0.2) is 0 Å². The van der Waals surface area contributed by atoms with Crippen molar-refractivity contribution in [3.8, 4) is 6.07 Å². The number of aromatic nitrogens is 2. The van der Waals surface area contributed by atoms with E-state index >= 15 is 0 Å². The van der Waals surface area contributed by atoms with Gasteiger partial charge in [0.2, 0.25) is 0 Å². The molecule has 0 aliphatic rings. The largest absolute Gasteiger partial charge is 0.416 e. The Morgan fingerprint density at radius 3 is 2.39 bits per heavy atom. The van der Waals surface area contributed by atoms with Crippen molar-refractivity contribution in [2.24, 2.45) is 7.05 Å². The number of fused-ring (bicyclic) bond motifs is 1. The molecule has 0 aliphatic carbocycles. The molecule has 1 heterocycles. The molecule has 0 spiro atoms. The van der Waals surface area contributed by atoms with Crippen LogP contribution in [0.5, 0.6) is 0 Å². The highest BCUT2D eigenvalue weighted by molar-refractivity contribution is 5.84. The van der Waals surface area contributed by atoms with Gasteiger partial charge in [0, 0.05) is 12.4 Å². The zero-order valence-electron chi connectivity index (χ0n) is 10.2. The molecule has 0 atom stereocenters. The second kappa shape index (κ2) is 5.08. The van der Waals surface area contributed by atoms with Gasteiger partial charge in [0.1, 0.15) is 11.8 Å². The number of hydrogen-bond acceptors (Lipinski definition) is 2. The van der Waals surface area contributed by atoms with Crippen LogP contribution in [0.15, 0.2) is 18.2 Å². The fraction of sp³-hybridized carbons (Fsp3) is 0.333. The van der Waals surface area contributed by atoms with Crippen LogP contribution in [0.25, 0.3) is 10.9 Å². The normalized spacial score (nSPS) is 10.7. The first-order valence-electron chi connectivity index (χ1n) is 5.37. The Morgan fingerprint density at radius 1 is 1.28 bits per heavy atom. The molecule has 0 aliphatic heterocycles. The van der Waals surface area contributed by atoms with Gasteiger partial charge < -0.3 is 0 Å². The maximum Gasteiger partial charge on any atom is 0.416 e. The van der Waals surface area contributed by atoms with Crippen LogP contribution in [0.2, 0.25) is 0 Å². The molecule has 0 saturated heterocycles. The molecule has 1 aromatic heterocycles. The Bertz CT molecular complexity index is 591. The summed E-state index contributed by atoms with van der Waals surface area (Å²) in [4.78, 5) is 0. The minimum atomic E-state index is -4.39. The minimum absolute atomic E-state index is 0.175. The van der Waals surface area contributed by atoms with Crippen LogP contribution in [0, 0.1) is 11.3 Å². The number of nitriles is 1. The molecule has 1 aromatic carbocycles. The van der Waals surface area contributed by atoms with Crippen LogP contribution in [-0.4, -0.2) is 9.78 Å². The lowest BCUT2D eigenvalue weighted by atomic mass is 10.1. The van der Waals surface area contributed by atoms with Gasteiger partial charge in [0.25, 0.3) is 0 Å². The maximum absolute atomic E-state index is 12.4. The highest BCUT2D eigenvalue weighted by Gasteiger charge is 2.31. The third-order valence-electron chi connectivity index (χ3n) is 2.27. The standard InChI is InChI=1S/C10H6F3N3.C2H6/c1-16-9(5-14)7-3-2-6(10(11,12)13)4-8(7)15-16;1-2/h2-4H,1H3;1-2H3. The van der Waals surface area contributed by atoms with Gasteiger partial charge in [-0.1, -0.05) is 13.8 Å². The van der Waals surface area contributed by atoms with Gasteiger partial charge in [0.05, 0.1) is 11.1 Å². The summed E-state index contributed by atoms with van der Waals surface area (Å²) in [7, 11) is 1.52. The van der Waals surface area contributed by atoms with Crippen molar-refractivity contribution in [3.05, 3.63) is 29.5 Å². The fourth-order valence-electron chi connectivity index (χ4n) is 1.51. The Kier molecular flexibility index (Phi) is 3.96. The van der Waals surface area contributed by atoms with Gasteiger partial charge in [-0.15, -0.1) is 0 Å². The van der Waals surface area contributed by atoms with Crippen LogP contribution in [0.1, 0.15) is 25.1 Å². The van der Waals surface area contributed by atoms with Crippen molar-refractivity contribution in [2.45, 2.75) is 20.0 Å². The molecule has 0 fully saturated rings. The van der Waals surface area contributed by atoms with Crippen LogP contribution in [0.4, 0.5) is 13.2 Å². The first kappa shape index (κ1) is 14.0. The summed E-state index contributed by atoms with van der Waals surface area (Å²) in [6, 6.07) is 5.05. The third-order valence-corrected chi connectivity index (χ3v) is 2.27. The topological polar surface area (TPSA) is 41.6 Å². The van der Waals surface area contributed by atoms with Gasteiger partial charge in [-0.3, -0.25) is 4.68 Å². The van der Waals surface area contributed by atoms with E-state index in [1.807, 2.05) is 19.9 Å². The first-order chi connectivity index (χ1) is 8.43. The molecular weight excluding hydrogens is 243 g/mol. The van der Waals surface area contributed by atoms with E-state index in [1.165, 1.54) is 17.8 Å². The average molecular weight is 255 g/mol. The SMILES string of the molecule is CC.Cn1nc2cc(C(F)(F)F)ccc2c1C#N. The van der Waals surface area contributed by atoms with Gasteiger partial charge in [-0.05, 0) is 18.2 Å². The number of alkyl halides is 3. The molecule has 0 radical (unpaired) electrons. The van der Waals surface area contributed by atoms with Crippen molar-refractivity contribution in [2.75, 3.05) is 0 Å².